The zero-order valence-corrected chi connectivity index (χ0v) is 12.1. The minimum Gasteiger partial charge on any atom is -0.370 e. The number of nitrogens with one attached hydrogen (secondary N) is 2. The van der Waals surface area contributed by atoms with Crippen LogP contribution in [0.2, 0.25) is 0 Å². The Morgan fingerprint density at radius 1 is 1.06 bits per heavy atom. The van der Waals surface area contributed by atoms with Crippen LogP contribution in [-0.2, 0) is 0 Å². The van der Waals surface area contributed by atoms with Gasteiger partial charge in [-0.2, -0.15) is 0 Å². The first-order valence-electron chi connectivity index (χ1n) is 7.03. The van der Waals surface area contributed by atoms with Crippen molar-refractivity contribution in [2.24, 2.45) is 0 Å². The van der Waals surface area contributed by atoms with Gasteiger partial charge in [-0.15, -0.1) is 0 Å². The third kappa shape index (κ3) is 4.17. The number of rotatable bonds is 8. The minimum absolute atomic E-state index is 0.411. The maximum absolute atomic E-state index is 4.38. The molecule has 0 bridgehead atoms. The van der Waals surface area contributed by atoms with Gasteiger partial charge in [-0.25, -0.2) is 9.97 Å². The molecule has 0 spiro atoms. The average molecular weight is 250 g/mol. The Kier molecular flexibility index (Phi) is 6.47. The van der Waals surface area contributed by atoms with Crippen molar-refractivity contribution < 1.29 is 0 Å². The van der Waals surface area contributed by atoms with Crippen molar-refractivity contribution in [2.45, 2.75) is 52.9 Å². The van der Waals surface area contributed by atoms with E-state index in [1.54, 1.807) is 6.33 Å². The molecule has 0 saturated carbocycles. The van der Waals surface area contributed by atoms with E-state index in [0.717, 1.165) is 24.7 Å². The first-order valence-corrected chi connectivity index (χ1v) is 7.03. The van der Waals surface area contributed by atoms with Gasteiger partial charge in [-0.3, -0.25) is 0 Å². The highest BCUT2D eigenvalue weighted by atomic mass is 15.1. The van der Waals surface area contributed by atoms with E-state index in [0.29, 0.717) is 5.92 Å². The molecule has 1 aromatic heterocycles. The van der Waals surface area contributed by atoms with Gasteiger partial charge in [0.2, 0.25) is 0 Å². The molecule has 0 fully saturated rings. The fourth-order valence-electron chi connectivity index (χ4n) is 1.97. The first-order chi connectivity index (χ1) is 8.70. The Bertz CT molecular complexity index is 350. The summed E-state index contributed by atoms with van der Waals surface area (Å²) in [6, 6.07) is 0. The highest BCUT2D eigenvalue weighted by Gasteiger charge is 2.13. The monoisotopic (exact) mass is 250 g/mol. The molecule has 4 heteroatoms. The SMILES string of the molecule is CCCCCNc1ncnc(NCC)c1C(C)C. The molecule has 0 saturated heterocycles. The lowest BCUT2D eigenvalue weighted by molar-refractivity contribution is 0.739. The summed E-state index contributed by atoms with van der Waals surface area (Å²) in [7, 11) is 0. The average Bonchev–Trinajstić information content (AvgIpc) is 2.35. The van der Waals surface area contributed by atoms with Crippen LogP contribution in [0.4, 0.5) is 11.6 Å². The van der Waals surface area contributed by atoms with Gasteiger partial charge in [0.25, 0.3) is 0 Å². The molecule has 4 nitrogen and oxygen atoms in total. The second-order valence-corrected chi connectivity index (χ2v) is 4.80. The van der Waals surface area contributed by atoms with Crippen LogP contribution in [0.25, 0.3) is 0 Å². The molecular weight excluding hydrogens is 224 g/mol. The molecule has 102 valence electrons. The van der Waals surface area contributed by atoms with Crippen molar-refractivity contribution in [3.05, 3.63) is 11.9 Å². The maximum atomic E-state index is 4.38. The van der Waals surface area contributed by atoms with E-state index in [2.05, 4.69) is 48.3 Å². The second-order valence-electron chi connectivity index (χ2n) is 4.80. The van der Waals surface area contributed by atoms with E-state index in [-0.39, 0.29) is 0 Å². The van der Waals surface area contributed by atoms with Crippen LogP contribution in [0, 0.1) is 0 Å². The molecule has 1 heterocycles. The third-order valence-electron chi connectivity index (χ3n) is 2.88. The van der Waals surface area contributed by atoms with Gasteiger partial charge in [0.1, 0.15) is 18.0 Å². The van der Waals surface area contributed by atoms with Gasteiger partial charge >= 0.3 is 0 Å². The van der Waals surface area contributed by atoms with E-state index in [9.17, 15) is 0 Å². The molecule has 18 heavy (non-hydrogen) atoms. The quantitative estimate of drug-likeness (QED) is 0.692. The standard InChI is InChI=1S/C14H26N4/c1-5-7-8-9-16-14-12(11(3)4)13(15-6-2)17-10-18-14/h10-11H,5-9H2,1-4H3,(H2,15,16,17,18). The summed E-state index contributed by atoms with van der Waals surface area (Å²) < 4.78 is 0. The van der Waals surface area contributed by atoms with Crippen molar-refractivity contribution in [2.75, 3.05) is 23.7 Å². The zero-order chi connectivity index (χ0) is 13.4. The van der Waals surface area contributed by atoms with Crippen molar-refractivity contribution in [3.63, 3.8) is 0 Å². The minimum atomic E-state index is 0.411. The number of nitrogens with zero attached hydrogens (tertiary/aromatic N) is 2. The van der Waals surface area contributed by atoms with Gasteiger partial charge in [0, 0.05) is 18.7 Å². The molecule has 0 aliphatic heterocycles. The van der Waals surface area contributed by atoms with Crippen LogP contribution in [0.3, 0.4) is 0 Å². The molecule has 0 aromatic carbocycles. The summed E-state index contributed by atoms with van der Waals surface area (Å²) in [4.78, 5) is 8.71. The van der Waals surface area contributed by atoms with Gasteiger partial charge < -0.3 is 10.6 Å². The van der Waals surface area contributed by atoms with Crippen molar-refractivity contribution >= 4 is 11.6 Å². The lowest BCUT2D eigenvalue weighted by atomic mass is 10.0. The predicted molar refractivity (Wildman–Crippen MR) is 78.3 cm³/mol. The van der Waals surface area contributed by atoms with Crippen LogP contribution in [0.15, 0.2) is 6.33 Å². The van der Waals surface area contributed by atoms with E-state index in [1.165, 1.54) is 24.8 Å². The topological polar surface area (TPSA) is 49.8 Å². The van der Waals surface area contributed by atoms with E-state index >= 15 is 0 Å². The largest absolute Gasteiger partial charge is 0.370 e. The fraction of sp³-hybridized carbons (Fsp3) is 0.714. The molecule has 1 aromatic rings. The number of anilines is 2. The van der Waals surface area contributed by atoms with Gasteiger partial charge in [0.05, 0.1) is 0 Å². The normalized spacial score (nSPS) is 10.7. The molecule has 0 atom stereocenters. The molecule has 0 radical (unpaired) electrons. The van der Waals surface area contributed by atoms with Crippen LogP contribution in [-0.4, -0.2) is 23.1 Å². The summed E-state index contributed by atoms with van der Waals surface area (Å²) >= 11 is 0. The Hall–Kier alpha value is -1.32. The molecule has 1 rings (SSSR count). The summed E-state index contributed by atoms with van der Waals surface area (Å²) in [5.74, 6) is 2.35. The first kappa shape index (κ1) is 14.7. The fourth-order valence-corrected chi connectivity index (χ4v) is 1.97. The lowest BCUT2D eigenvalue weighted by Crippen LogP contribution is -2.12. The van der Waals surface area contributed by atoms with Crippen LogP contribution in [0.5, 0.6) is 0 Å². The Morgan fingerprint density at radius 2 is 1.72 bits per heavy atom. The van der Waals surface area contributed by atoms with Gasteiger partial charge in [-0.05, 0) is 19.3 Å². The molecule has 0 aliphatic rings. The van der Waals surface area contributed by atoms with Gasteiger partial charge in [0.15, 0.2) is 0 Å². The van der Waals surface area contributed by atoms with Gasteiger partial charge in [-0.1, -0.05) is 33.6 Å². The number of unbranched alkanes of at least 4 members (excludes halogenated alkanes) is 2. The molecular formula is C14H26N4. The Balaban J connectivity index is 2.78. The van der Waals surface area contributed by atoms with Crippen LogP contribution < -0.4 is 10.6 Å². The predicted octanol–water partition coefficient (Wildman–Crippen LogP) is 3.63. The van der Waals surface area contributed by atoms with Crippen molar-refractivity contribution in [1.29, 1.82) is 0 Å². The number of hydrogen-bond acceptors (Lipinski definition) is 4. The van der Waals surface area contributed by atoms with Crippen molar-refractivity contribution in [3.8, 4) is 0 Å². The second kappa shape index (κ2) is 7.90. The van der Waals surface area contributed by atoms with Crippen LogP contribution >= 0.6 is 0 Å². The van der Waals surface area contributed by atoms with E-state index in [1.807, 2.05) is 0 Å². The maximum Gasteiger partial charge on any atom is 0.134 e. The van der Waals surface area contributed by atoms with Crippen molar-refractivity contribution in [1.82, 2.24) is 9.97 Å². The number of hydrogen-bond donors (Lipinski definition) is 2. The summed E-state index contributed by atoms with van der Waals surface area (Å²) in [6.07, 6.45) is 5.32. The molecule has 0 unspecified atom stereocenters. The summed E-state index contributed by atoms with van der Waals surface area (Å²) in [6.45, 7) is 10.5. The smallest absolute Gasteiger partial charge is 0.134 e. The molecule has 0 amide bonds. The highest BCUT2D eigenvalue weighted by molar-refractivity contribution is 5.58. The number of aromatic nitrogens is 2. The van der Waals surface area contributed by atoms with E-state index < -0.39 is 0 Å². The summed E-state index contributed by atoms with van der Waals surface area (Å²) in [5.41, 5.74) is 1.19. The van der Waals surface area contributed by atoms with E-state index in [4.69, 9.17) is 0 Å². The zero-order valence-electron chi connectivity index (χ0n) is 12.1. The Morgan fingerprint density at radius 3 is 2.28 bits per heavy atom. The third-order valence-corrected chi connectivity index (χ3v) is 2.88. The Labute approximate surface area is 111 Å². The highest BCUT2D eigenvalue weighted by Crippen LogP contribution is 2.28. The molecule has 0 aliphatic carbocycles. The lowest BCUT2D eigenvalue weighted by Gasteiger charge is -2.17. The summed E-state index contributed by atoms with van der Waals surface area (Å²) in [5, 5.41) is 6.75. The molecule has 2 N–H and O–H groups in total. The van der Waals surface area contributed by atoms with Crippen LogP contribution in [0.1, 0.15) is 58.4 Å².